The third-order valence-electron chi connectivity index (χ3n) is 4.76. The second-order valence-electron chi connectivity index (χ2n) is 7.02. The number of benzene rings is 1. The van der Waals surface area contributed by atoms with Gasteiger partial charge < -0.3 is 0 Å². The number of halogens is 1. The maximum absolute atomic E-state index is 13.1. The Labute approximate surface area is 201 Å². The normalized spacial score (nSPS) is 10.5. The van der Waals surface area contributed by atoms with Gasteiger partial charge in [-0.05, 0) is 0 Å². The van der Waals surface area contributed by atoms with Gasteiger partial charge >= 0.3 is 201 Å². The van der Waals surface area contributed by atoms with Gasteiger partial charge in [0.2, 0.25) is 0 Å². The first-order valence-electron chi connectivity index (χ1n) is 9.76. The molecule has 0 fully saturated rings. The molecule has 3 heterocycles. The van der Waals surface area contributed by atoms with Gasteiger partial charge in [-0.25, -0.2) is 0 Å². The fourth-order valence-electron chi connectivity index (χ4n) is 3.17. The van der Waals surface area contributed by atoms with E-state index in [0.717, 1.165) is 15.8 Å². The first-order chi connectivity index (χ1) is 16.0. The molecule has 1 aromatic carbocycles. The minimum atomic E-state index is -0.345. The van der Waals surface area contributed by atoms with Crippen LogP contribution in [0.15, 0.2) is 48.8 Å². The number of rotatable bonds is 6. The van der Waals surface area contributed by atoms with E-state index in [-0.39, 0.29) is 25.6 Å². The number of ether oxygens (including phenoxy) is 1. The second-order valence-corrected chi connectivity index (χ2v) is 9.63. The van der Waals surface area contributed by atoms with Crippen LogP contribution in [0.1, 0.15) is 31.7 Å². The van der Waals surface area contributed by atoms with Gasteiger partial charge in [0.1, 0.15) is 0 Å². The fourth-order valence-corrected chi connectivity index (χ4v) is 4.94. The molecule has 0 atom stereocenters. The number of aromatic nitrogens is 4. The molecule has 4 rings (SSSR count). The summed E-state index contributed by atoms with van der Waals surface area (Å²) in [5.74, 6) is 0.150. The van der Waals surface area contributed by atoms with Gasteiger partial charge in [-0.1, -0.05) is 0 Å². The van der Waals surface area contributed by atoms with Crippen LogP contribution in [0.3, 0.4) is 0 Å². The number of pyridine rings is 2. The fraction of sp³-hybridized carbons (Fsp3) is 0.130. The van der Waals surface area contributed by atoms with Crippen molar-refractivity contribution < 1.29 is 9.53 Å². The Morgan fingerprint density at radius 2 is 1.94 bits per heavy atom. The van der Waals surface area contributed by atoms with E-state index in [1.807, 2.05) is 19.1 Å². The standard InChI is InChI=1S/C23H17ClN6O2Se/c1-13-7-16(17-9-20(24)27-12-19(17)32-2)18(11-26-13)22(31)28-23-30-29-21(33-23)8-14-3-5-15(10-25)6-4-14/h3-7,9,11-12H,8H2,1-2H3,(H,28,30,31). The van der Waals surface area contributed by atoms with Gasteiger partial charge in [-0.3, -0.25) is 0 Å². The second kappa shape index (κ2) is 9.92. The number of anilines is 1. The van der Waals surface area contributed by atoms with Crippen molar-refractivity contribution >= 4 is 36.7 Å². The molecule has 0 unspecified atom stereocenters. The number of methoxy groups -OCH3 is 1. The average Bonchev–Trinajstić information content (AvgIpc) is 3.25. The molecule has 0 aliphatic carbocycles. The zero-order chi connectivity index (χ0) is 23.4. The van der Waals surface area contributed by atoms with Crippen molar-refractivity contribution in [3.8, 4) is 22.9 Å². The zero-order valence-corrected chi connectivity index (χ0v) is 20.1. The van der Waals surface area contributed by atoms with Crippen LogP contribution in [0.4, 0.5) is 4.69 Å². The van der Waals surface area contributed by atoms with E-state index in [9.17, 15) is 4.79 Å². The quantitative estimate of drug-likeness (QED) is 0.303. The maximum atomic E-state index is 13.1. The molecule has 33 heavy (non-hydrogen) atoms. The summed E-state index contributed by atoms with van der Waals surface area (Å²) < 4.78 is 6.82. The summed E-state index contributed by atoms with van der Waals surface area (Å²) in [6.07, 6.45) is 3.65. The van der Waals surface area contributed by atoms with Gasteiger partial charge in [0.05, 0.1) is 0 Å². The predicted octanol–water partition coefficient (Wildman–Crippen LogP) is 3.68. The molecular weight excluding hydrogens is 507 g/mol. The average molecular weight is 524 g/mol. The zero-order valence-electron chi connectivity index (χ0n) is 17.7. The number of carbonyl (C=O) groups excluding carboxylic acids is 1. The topological polar surface area (TPSA) is 114 Å². The minimum absolute atomic E-state index is 0.223. The number of hydrogen-bond donors (Lipinski definition) is 1. The van der Waals surface area contributed by atoms with Crippen molar-refractivity contribution in [3.05, 3.63) is 80.9 Å². The van der Waals surface area contributed by atoms with Crippen molar-refractivity contribution in [2.45, 2.75) is 13.3 Å². The number of nitrogens with zero attached hydrogens (tertiary/aromatic N) is 5. The van der Waals surface area contributed by atoms with Crippen LogP contribution in [-0.4, -0.2) is 47.7 Å². The Bertz CT molecular complexity index is 1360. The van der Waals surface area contributed by atoms with E-state index in [0.29, 0.717) is 39.1 Å². The number of amides is 1. The summed E-state index contributed by atoms with van der Waals surface area (Å²) in [5.41, 5.74) is 4.02. The van der Waals surface area contributed by atoms with Gasteiger partial charge in [-0.2, -0.15) is 0 Å². The number of hydrogen-bond acceptors (Lipinski definition) is 7. The van der Waals surface area contributed by atoms with E-state index < -0.39 is 0 Å². The summed E-state index contributed by atoms with van der Waals surface area (Å²) in [6, 6.07) is 12.9. The molecule has 8 nitrogen and oxygen atoms in total. The van der Waals surface area contributed by atoms with Crippen LogP contribution in [0.2, 0.25) is 5.15 Å². The molecule has 0 saturated carbocycles. The molecule has 10 heteroatoms. The summed E-state index contributed by atoms with van der Waals surface area (Å²) in [5, 5.41) is 20.5. The Balaban J connectivity index is 1.58. The van der Waals surface area contributed by atoms with E-state index in [1.54, 1.807) is 24.3 Å². The molecule has 164 valence electrons. The van der Waals surface area contributed by atoms with Crippen LogP contribution < -0.4 is 10.1 Å². The van der Waals surface area contributed by atoms with Gasteiger partial charge in [0, 0.05) is 0 Å². The Morgan fingerprint density at radius 1 is 1.15 bits per heavy atom. The molecule has 0 spiro atoms. The predicted molar refractivity (Wildman–Crippen MR) is 125 cm³/mol. The number of nitrogens with one attached hydrogen (secondary N) is 1. The van der Waals surface area contributed by atoms with Crippen LogP contribution in [0.5, 0.6) is 5.75 Å². The Hall–Kier alpha value is -3.57. The monoisotopic (exact) mass is 524 g/mol. The number of carbonyl (C=O) groups is 1. The molecule has 0 aliphatic rings. The van der Waals surface area contributed by atoms with Crippen LogP contribution in [0.25, 0.3) is 11.1 Å². The molecule has 1 amide bonds. The summed E-state index contributed by atoms with van der Waals surface area (Å²) in [7, 11) is 1.53. The Kier molecular flexibility index (Phi) is 6.80. The molecule has 0 bridgehead atoms. The van der Waals surface area contributed by atoms with E-state index in [1.165, 1.54) is 19.5 Å². The van der Waals surface area contributed by atoms with E-state index >= 15 is 0 Å². The first kappa shape index (κ1) is 22.6. The van der Waals surface area contributed by atoms with E-state index in [4.69, 9.17) is 21.6 Å². The Morgan fingerprint density at radius 3 is 2.67 bits per heavy atom. The molecule has 0 saturated heterocycles. The molecule has 3 aromatic heterocycles. The van der Waals surface area contributed by atoms with Gasteiger partial charge in [0.25, 0.3) is 0 Å². The van der Waals surface area contributed by atoms with Crippen molar-refractivity contribution in [1.82, 2.24) is 20.2 Å². The van der Waals surface area contributed by atoms with Crippen LogP contribution in [0, 0.1) is 18.3 Å². The van der Waals surface area contributed by atoms with Crippen molar-refractivity contribution in [2.75, 3.05) is 12.4 Å². The van der Waals surface area contributed by atoms with Gasteiger partial charge in [0.15, 0.2) is 0 Å². The van der Waals surface area contributed by atoms with Crippen molar-refractivity contribution in [3.63, 3.8) is 0 Å². The summed E-state index contributed by atoms with van der Waals surface area (Å²) in [6.45, 7) is 1.84. The third-order valence-corrected chi connectivity index (χ3v) is 6.72. The van der Waals surface area contributed by atoms with E-state index in [2.05, 4.69) is 31.6 Å². The molecule has 0 radical (unpaired) electrons. The number of nitriles is 1. The SMILES string of the molecule is COc1cnc(Cl)cc1-c1cc(C)ncc1C(=O)Nc1nnc(Cc2ccc(C#N)cc2)[se]1. The summed E-state index contributed by atoms with van der Waals surface area (Å²) >= 11 is 5.88. The third kappa shape index (κ3) is 5.26. The van der Waals surface area contributed by atoms with Crippen LogP contribution >= 0.6 is 11.6 Å². The molecular formula is C23H17ClN6O2Se. The molecule has 0 aliphatic heterocycles. The van der Waals surface area contributed by atoms with Crippen molar-refractivity contribution in [1.29, 1.82) is 5.26 Å². The van der Waals surface area contributed by atoms with Gasteiger partial charge in [-0.15, -0.1) is 0 Å². The first-order valence-corrected chi connectivity index (χ1v) is 11.8. The van der Waals surface area contributed by atoms with Crippen molar-refractivity contribution in [2.24, 2.45) is 0 Å². The molecule has 1 N–H and O–H groups in total. The van der Waals surface area contributed by atoms with Crippen LogP contribution in [-0.2, 0) is 6.42 Å². The molecule has 4 aromatic rings. The summed E-state index contributed by atoms with van der Waals surface area (Å²) in [4.78, 5) is 21.5. The number of aryl methyl sites for hydroxylation is 1.